The zero-order valence-corrected chi connectivity index (χ0v) is 13.0. The lowest BCUT2D eigenvalue weighted by molar-refractivity contribution is 0.0288. The van der Waals surface area contributed by atoms with Crippen molar-refractivity contribution in [2.75, 3.05) is 32.8 Å². The summed E-state index contributed by atoms with van der Waals surface area (Å²) in [5.41, 5.74) is -0.409. The summed E-state index contributed by atoms with van der Waals surface area (Å²) in [6.45, 7) is 10.1. The molecule has 2 aliphatic heterocycles. The first kappa shape index (κ1) is 15.6. The molecule has 0 aliphatic carbocycles. The summed E-state index contributed by atoms with van der Waals surface area (Å²) in [5.74, 6) is 0.531. The summed E-state index contributed by atoms with van der Waals surface area (Å²) in [6.07, 6.45) is 3.61. The maximum atomic E-state index is 12.0. The van der Waals surface area contributed by atoms with E-state index >= 15 is 0 Å². The van der Waals surface area contributed by atoms with E-state index in [1.165, 1.54) is 12.8 Å². The number of carbonyl (C=O) groups is 1. The zero-order chi connectivity index (χ0) is 14.6. The van der Waals surface area contributed by atoms with E-state index in [1.54, 1.807) is 0 Å². The van der Waals surface area contributed by atoms with Crippen LogP contribution in [-0.2, 0) is 9.47 Å². The van der Waals surface area contributed by atoms with Crippen LogP contribution in [0.25, 0.3) is 0 Å². The van der Waals surface area contributed by atoms with Gasteiger partial charge in [0.25, 0.3) is 0 Å². The Balaban J connectivity index is 1.63. The zero-order valence-electron chi connectivity index (χ0n) is 13.0. The van der Waals surface area contributed by atoms with Crippen LogP contribution in [0, 0.1) is 5.92 Å². The average Bonchev–Trinajstić information content (AvgIpc) is 2.97. The highest BCUT2D eigenvalue weighted by Crippen LogP contribution is 2.19. The van der Waals surface area contributed by atoms with Crippen LogP contribution in [0.4, 0.5) is 4.79 Å². The second-order valence-electron chi connectivity index (χ2n) is 6.87. The molecular weight excluding hydrogens is 256 g/mol. The largest absolute Gasteiger partial charge is 0.444 e. The van der Waals surface area contributed by atoms with Crippen LogP contribution in [0.15, 0.2) is 0 Å². The Hall–Kier alpha value is -0.810. The van der Waals surface area contributed by atoms with E-state index in [0.29, 0.717) is 12.0 Å². The fourth-order valence-corrected chi connectivity index (χ4v) is 2.75. The number of hydrogen-bond donors (Lipinski definition) is 1. The van der Waals surface area contributed by atoms with Gasteiger partial charge in [0.1, 0.15) is 5.60 Å². The molecule has 2 atom stereocenters. The first-order valence-electron chi connectivity index (χ1n) is 7.74. The molecule has 1 amide bonds. The van der Waals surface area contributed by atoms with Crippen molar-refractivity contribution in [2.24, 2.45) is 5.92 Å². The third-order valence-electron chi connectivity index (χ3n) is 3.77. The van der Waals surface area contributed by atoms with Gasteiger partial charge in [0.2, 0.25) is 0 Å². The Morgan fingerprint density at radius 2 is 2.15 bits per heavy atom. The summed E-state index contributed by atoms with van der Waals surface area (Å²) < 4.78 is 11.0. The van der Waals surface area contributed by atoms with Crippen molar-refractivity contribution < 1.29 is 14.3 Å². The second-order valence-corrected chi connectivity index (χ2v) is 6.87. The third kappa shape index (κ3) is 4.94. The minimum atomic E-state index is -0.409. The summed E-state index contributed by atoms with van der Waals surface area (Å²) >= 11 is 0. The summed E-state index contributed by atoms with van der Waals surface area (Å²) in [5, 5.41) is 3.47. The molecule has 0 spiro atoms. The standard InChI is InChI=1S/C15H28N2O3/c1-15(2,3)20-14(18)17-7-6-12(11-17)9-16-10-13-5-4-8-19-13/h12-13,16H,4-11H2,1-3H3. The number of nitrogens with one attached hydrogen (secondary N) is 1. The molecule has 1 N–H and O–H groups in total. The molecule has 2 aliphatic rings. The van der Waals surface area contributed by atoms with Crippen LogP contribution in [0.1, 0.15) is 40.0 Å². The molecule has 0 radical (unpaired) electrons. The molecular formula is C15H28N2O3. The molecule has 116 valence electrons. The maximum absolute atomic E-state index is 12.0. The number of likely N-dealkylation sites (tertiary alicyclic amines) is 1. The molecule has 2 fully saturated rings. The van der Waals surface area contributed by atoms with Crippen molar-refractivity contribution in [1.29, 1.82) is 0 Å². The molecule has 0 aromatic heterocycles. The molecule has 5 heteroatoms. The van der Waals surface area contributed by atoms with E-state index in [1.807, 2.05) is 25.7 Å². The molecule has 0 aromatic rings. The maximum Gasteiger partial charge on any atom is 0.410 e. The highest BCUT2D eigenvalue weighted by atomic mass is 16.6. The Morgan fingerprint density at radius 3 is 2.80 bits per heavy atom. The highest BCUT2D eigenvalue weighted by Gasteiger charge is 2.29. The number of carbonyl (C=O) groups excluding carboxylic acids is 1. The average molecular weight is 284 g/mol. The van der Waals surface area contributed by atoms with Crippen LogP contribution in [0.3, 0.4) is 0 Å². The first-order chi connectivity index (χ1) is 9.44. The Bertz CT molecular complexity index is 322. The van der Waals surface area contributed by atoms with Crippen LogP contribution in [0.5, 0.6) is 0 Å². The van der Waals surface area contributed by atoms with Crippen molar-refractivity contribution in [3.8, 4) is 0 Å². The number of hydrogen-bond acceptors (Lipinski definition) is 4. The molecule has 2 rings (SSSR count). The van der Waals surface area contributed by atoms with Gasteiger partial charge < -0.3 is 19.7 Å². The lowest BCUT2D eigenvalue weighted by atomic mass is 10.1. The van der Waals surface area contributed by atoms with Crippen LogP contribution in [0.2, 0.25) is 0 Å². The Labute approximate surface area is 122 Å². The number of amides is 1. The normalized spacial score (nSPS) is 27.1. The summed E-state index contributed by atoms with van der Waals surface area (Å²) in [7, 11) is 0. The Morgan fingerprint density at radius 1 is 1.35 bits per heavy atom. The Kier molecular flexibility index (Phi) is 5.27. The fraction of sp³-hybridized carbons (Fsp3) is 0.933. The topological polar surface area (TPSA) is 50.8 Å². The molecule has 2 unspecified atom stereocenters. The molecule has 0 aromatic carbocycles. The predicted octanol–water partition coefficient (Wildman–Crippen LogP) is 2.01. The minimum Gasteiger partial charge on any atom is -0.444 e. The molecule has 2 heterocycles. The molecule has 20 heavy (non-hydrogen) atoms. The highest BCUT2D eigenvalue weighted by molar-refractivity contribution is 5.68. The number of rotatable bonds is 4. The predicted molar refractivity (Wildman–Crippen MR) is 77.8 cm³/mol. The van der Waals surface area contributed by atoms with Crippen molar-refractivity contribution in [2.45, 2.75) is 51.7 Å². The van der Waals surface area contributed by atoms with Gasteiger partial charge in [-0.2, -0.15) is 0 Å². The van der Waals surface area contributed by atoms with Gasteiger partial charge in [0.05, 0.1) is 6.10 Å². The fourth-order valence-electron chi connectivity index (χ4n) is 2.75. The van der Waals surface area contributed by atoms with Gasteiger partial charge in [-0.05, 0) is 52.5 Å². The number of nitrogens with zero attached hydrogens (tertiary/aromatic N) is 1. The molecule has 5 nitrogen and oxygen atoms in total. The lowest BCUT2D eigenvalue weighted by Gasteiger charge is -2.24. The van der Waals surface area contributed by atoms with Gasteiger partial charge in [0.15, 0.2) is 0 Å². The van der Waals surface area contributed by atoms with E-state index in [-0.39, 0.29) is 6.09 Å². The van der Waals surface area contributed by atoms with Gasteiger partial charge in [-0.1, -0.05) is 0 Å². The van der Waals surface area contributed by atoms with Gasteiger partial charge >= 0.3 is 6.09 Å². The van der Waals surface area contributed by atoms with Crippen molar-refractivity contribution >= 4 is 6.09 Å². The van der Waals surface area contributed by atoms with Gasteiger partial charge in [-0.25, -0.2) is 4.79 Å². The summed E-state index contributed by atoms with van der Waals surface area (Å²) in [6, 6.07) is 0. The number of ether oxygens (including phenoxy) is 2. The van der Waals surface area contributed by atoms with E-state index in [4.69, 9.17) is 9.47 Å². The minimum absolute atomic E-state index is 0.181. The monoisotopic (exact) mass is 284 g/mol. The van der Waals surface area contributed by atoms with E-state index in [9.17, 15) is 4.79 Å². The first-order valence-corrected chi connectivity index (χ1v) is 7.74. The van der Waals surface area contributed by atoms with E-state index in [2.05, 4.69) is 5.32 Å². The van der Waals surface area contributed by atoms with Gasteiger partial charge in [-0.3, -0.25) is 0 Å². The van der Waals surface area contributed by atoms with E-state index < -0.39 is 5.60 Å². The summed E-state index contributed by atoms with van der Waals surface area (Å²) in [4.78, 5) is 13.8. The third-order valence-corrected chi connectivity index (χ3v) is 3.77. The van der Waals surface area contributed by atoms with Crippen molar-refractivity contribution in [3.05, 3.63) is 0 Å². The van der Waals surface area contributed by atoms with Gasteiger partial charge in [-0.15, -0.1) is 0 Å². The van der Waals surface area contributed by atoms with Crippen LogP contribution < -0.4 is 5.32 Å². The van der Waals surface area contributed by atoms with Gasteiger partial charge in [0, 0.05) is 26.2 Å². The van der Waals surface area contributed by atoms with Crippen LogP contribution >= 0.6 is 0 Å². The quantitative estimate of drug-likeness (QED) is 0.858. The smallest absolute Gasteiger partial charge is 0.410 e. The lowest BCUT2D eigenvalue weighted by Crippen LogP contribution is -2.36. The molecule has 0 saturated carbocycles. The SMILES string of the molecule is CC(C)(C)OC(=O)N1CCC(CNCC2CCCO2)C1. The molecule has 0 bridgehead atoms. The van der Waals surface area contributed by atoms with Crippen molar-refractivity contribution in [1.82, 2.24) is 10.2 Å². The van der Waals surface area contributed by atoms with Crippen LogP contribution in [-0.4, -0.2) is 55.5 Å². The molecule has 2 saturated heterocycles. The van der Waals surface area contributed by atoms with E-state index in [0.717, 1.165) is 39.2 Å². The van der Waals surface area contributed by atoms with Crippen molar-refractivity contribution in [3.63, 3.8) is 0 Å². The second kappa shape index (κ2) is 6.76.